The van der Waals surface area contributed by atoms with Crippen LogP contribution in [-0.2, 0) is 0 Å². The summed E-state index contributed by atoms with van der Waals surface area (Å²) in [4.78, 5) is 0. The Bertz CT molecular complexity index is 397. The summed E-state index contributed by atoms with van der Waals surface area (Å²) in [6, 6.07) is 1.99. The summed E-state index contributed by atoms with van der Waals surface area (Å²) in [7, 11) is 0. The maximum Gasteiger partial charge on any atom is 0.196 e. The molecule has 0 N–H and O–H groups in total. The van der Waals surface area contributed by atoms with E-state index in [1.54, 1.807) is 0 Å². The van der Waals surface area contributed by atoms with Crippen molar-refractivity contribution in [2.75, 3.05) is 6.61 Å². The number of halogens is 3. The summed E-state index contributed by atoms with van der Waals surface area (Å²) < 4.78 is 35.9. The Labute approximate surface area is 94.3 Å². The van der Waals surface area contributed by atoms with E-state index in [1.807, 2.05) is 6.92 Å². The molecular weight excluding hydrogens is 270 g/mol. The minimum absolute atomic E-state index is 0.221. The monoisotopic (exact) mass is 278 g/mol. The molecule has 1 heterocycles. The fraction of sp³-hybridized carbons (Fsp3) is 0.400. The molecule has 0 amide bonds. The molecule has 1 aromatic rings. The van der Waals surface area contributed by atoms with E-state index < -0.39 is 16.1 Å². The van der Waals surface area contributed by atoms with Crippen LogP contribution in [0.4, 0.5) is 8.78 Å². The molecule has 0 fully saturated rings. The molecule has 0 aliphatic carbocycles. The first kappa shape index (κ1) is 10.7. The van der Waals surface area contributed by atoms with Crippen molar-refractivity contribution in [1.29, 1.82) is 0 Å². The number of fused-ring (bicyclic) bond motifs is 1. The van der Waals surface area contributed by atoms with Gasteiger partial charge in [-0.25, -0.2) is 8.78 Å². The van der Waals surface area contributed by atoms with Crippen molar-refractivity contribution in [1.82, 2.24) is 0 Å². The van der Waals surface area contributed by atoms with Gasteiger partial charge in [-0.3, -0.25) is 0 Å². The molecule has 15 heavy (non-hydrogen) atoms. The molecule has 2 nitrogen and oxygen atoms in total. The van der Waals surface area contributed by atoms with Gasteiger partial charge in [0.2, 0.25) is 0 Å². The highest BCUT2D eigenvalue weighted by atomic mass is 79.9. The van der Waals surface area contributed by atoms with E-state index >= 15 is 0 Å². The average Bonchev–Trinajstić information content (AvgIpc) is 2.21. The van der Waals surface area contributed by atoms with E-state index in [0.29, 0.717) is 6.42 Å². The summed E-state index contributed by atoms with van der Waals surface area (Å²) in [6.45, 7) is 2.17. The van der Waals surface area contributed by atoms with Crippen LogP contribution in [0, 0.1) is 11.6 Å². The number of ether oxygens (including phenoxy) is 2. The van der Waals surface area contributed by atoms with Gasteiger partial charge in [0.15, 0.2) is 27.6 Å². The first-order valence-corrected chi connectivity index (χ1v) is 5.33. The first-order chi connectivity index (χ1) is 7.04. The zero-order valence-electron chi connectivity index (χ0n) is 8.02. The zero-order chi connectivity index (χ0) is 11.1. The first-order valence-electron chi connectivity index (χ1n) is 4.54. The second-order valence-corrected chi connectivity index (χ2v) is 4.79. The van der Waals surface area contributed by atoms with Gasteiger partial charge in [-0.05, 0) is 22.4 Å². The van der Waals surface area contributed by atoms with Gasteiger partial charge in [-0.1, -0.05) is 6.92 Å². The van der Waals surface area contributed by atoms with Crippen molar-refractivity contribution in [3.05, 3.63) is 23.8 Å². The van der Waals surface area contributed by atoms with Crippen LogP contribution in [0.15, 0.2) is 12.1 Å². The van der Waals surface area contributed by atoms with E-state index in [-0.39, 0.29) is 18.1 Å². The quantitative estimate of drug-likeness (QED) is 0.735. The Hall–Kier alpha value is -0.840. The Morgan fingerprint density at radius 2 is 1.93 bits per heavy atom. The SMILES string of the molecule is CC[C@]1(Br)COc2cc(F)c(F)cc2O1. The third kappa shape index (κ3) is 1.93. The number of hydrogen-bond donors (Lipinski definition) is 0. The average molecular weight is 279 g/mol. The highest BCUT2D eigenvalue weighted by Gasteiger charge is 2.34. The lowest BCUT2D eigenvalue weighted by molar-refractivity contribution is 0.0657. The van der Waals surface area contributed by atoms with Crippen LogP contribution in [0.5, 0.6) is 11.5 Å². The van der Waals surface area contributed by atoms with E-state index in [4.69, 9.17) is 9.47 Å². The summed E-state index contributed by atoms with van der Waals surface area (Å²) >= 11 is 3.34. The minimum atomic E-state index is -0.940. The predicted octanol–water partition coefficient (Wildman–Crippen LogP) is 3.24. The van der Waals surface area contributed by atoms with Gasteiger partial charge in [0.25, 0.3) is 0 Å². The normalized spacial score (nSPS) is 24.0. The molecule has 0 aromatic heterocycles. The van der Waals surface area contributed by atoms with Gasteiger partial charge >= 0.3 is 0 Å². The summed E-state index contributed by atoms with van der Waals surface area (Å²) in [6.07, 6.45) is 0.658. The Morgan fingerprint density at radius 1 is 1.33 bits per heavy atom. The third-order valence-electron chi connectivity index (χ3n) is 2.25. The lowest BCUT2D eigenvalue weighted by Crippen LogP contribution is -2.38. The molecule has 82 valence electrons. The highest BCUT2D eigenvalue weighted by molar-refractivity contribution is 9.10. The maximum absolute atomic E-state index is 12.9. The van der Waals surface area contributed by atoms with Gasteiger partial charge in [-0.15, -0.1) is 0 Å². The number of hydrogen-bond acceptors (Lipinski definition) is 2. The topological polar surface area (TPSA) is 18.5 Å². The van der Waals surface area contributed by atoms with Crippen molar-refractivity contribution in [3.8, 4) is 11.5 Å². The van der Waals surface area contributed by atoms with Crippen LogP contribution in [0.3, 0.4) is 0 Å². The standard InChI is InChI=1S/C10H9BrF2O2/c1-2-10(11)5-14-8-3-6(12)7(13)4-9(8)15-10/h3-4H,2,5H2,1H3/t10-/m1/s1. The van der Waals surface area contributed by atoms with Crippen LogP contribution in [-0.4, -0.2) is 11.1 Å². The molecule has 0 spiro atoms. The molecule has 1 aliphatic heterocycles. The lowest BCUT2D eigenvalue weighted by atomic mass is 10.2. The van der Waals surface area contributed by atoms with Crippen LogP contribution >= 0.6 is 15.9 Å². The van der Waals surface area contributed by atoms with Gasteiger partial charge in [0, 0.05) is 12.1 Å². The Kier molecular flexibility index (Phi) is 2.58. The molecule has 0 saturated carbocycles. The van der Waals surface area contributed by atoms with Gasteiger partial charge < -0.3 is 9.47 Å². The summed E-state index contributed by atoms with van der Waals surface area (Å²) in [5.74, 6) is -1.42. The van der Waals surface area contributed by atoms with Crippen molar-refractivity contribution < 1.29 is 18.3 Å². The molecule has 1 aliphatic rings. The highest BCUT2D eigenvalue weighted by Crippen LogP contribution is 2.40. The Balaban J connectivity index is 2.38. The van der Waals surface area contributed by atoms with E-state index in [9.17, 15) is 8.78 Å². The molecule has 1 aromatic carbocycles. The molecule has 0 bridgehead atoms. The van der Waals surface area contributed by atoms with Gasteiger partial charge in [-0.2, -0.15) is 0 Å². The molecule has 5 heteroatoms. The Morgan fingerprint density at radius 3 is 2.53 bits per heavy atom. The zero-order valence-corrected chi connectivity index (χ0v) is 9.61. The smallest absolute Gasteiger partial charge is 0.196 e. The molecule has 2 rings (SSSR count). The van der Waals surface area contributed by atoms with Crippen LogP contribution < -0.4 is 9.47 Å². The van der Waals surface area contributed by atoms with E-state index in [2.05, 4.69) is 15.9 Å². The van der Waals surface area contributed by atoms with Crippen LogP contribution in [0.2, 0.25) is 0 Å². The second kappa shape index (κ2) is 3.63. The van der Waals surface area contributed by atoms with Crippen LogP contribution in [0.1, 0.15) is 13.3 Å². The van der Waals surface area contributed by atoms with Crippen molar-refractivity contribution >= 4 is 15.9 Å². The summed E-state index contributed by atoms with van der Waals surface area (Å²) in [5.41, 5.74) is 0. The number of rotatable bonds is 1. The van der Waals surface area contributed by atoms with Crippen molar-refractivity contribution in [2.24, 2.45) is 0 Å². The lowest BCUT2D eigenvalue weighted by Gasteiger charge is -2.32. The largest absolute Gasteiger partial charge is 0.484 e. The second-order valence-electron chi connectivity index (χ2n) is 3.34. The van der Waals surface area contributed by atoms with E-state index in [0.717, 1.165) is 12.1 Å². The fourth-order valence-corrected chi connectivity index (χ4v) is 1.58. The molecule has 0 saturated heterocycles. The molecule has 1 atom stereocenters. The predicted molar refractivity (Wildman–Crippen MR) is 54.4 cm³/mol. The van der Waals surface area contributed by atoms with Crippen molar-refractivity contribution in [2.45, 2.75) is 17.9 Å². The van der Waals surface area contributed by atoms with Crippen LogP contribution in [0.25, 0.3) is 0 Å². The third-order valence-corrected chi connectivity index (χ3v) is 3.20. The molecule has 0 unspecified atom stereocenters. The van der Waals surface area contributed by atoms with Gasteiger partial charge in [0.05, 0.1) is 0 Å². The number of benzene rings is 1. The minimum Gasteiger partial charge on any atom is -0.484 e. The maximum atomic E-state index is 12.9. The molecular formula is C10H9BrF2O2. The summed E-state index contributed by atoms with van der Waals surface area (Å²) in [5, 5.41) is 0. The molecule has 0 radical (unpaired) electrons. The van der Waals surface area contributed by atoms with Crippen molar-refractivity contribution in [3.63, 3.8) is 0 Å². The van der Waals surface area contributed by atoms with Gasteiger partial charge in [0.1, 0.15) is 6.61 Å². The van der Waals surface area contributed by atoms with E-state index in [1.165, 1.54) is 0 Å². The number of alkyl halides is 1. The fourth-order valence-electron chi connectivity index (χ4n) is 1.29.